The molecule has 2 N–H and O–H groups in total. The van der Waals surface area contributed by atoms with E-state index < -0.39 is 6.10 Å². The lowest BCUT2D eigenvalue weighted by Gasteiger charge is -2.65. The number of unbranched alkanes of at least 4 members (excludes halogenated alkanes) is 2. The van der Waals surface area contributed by atoms with Crippen LogP contribution >= 0.6 is 0 Å². The first-order valence-electron chi connectivity index (χ1n) is 15.4. The summed E-state index contributed by atoms with van der Waals surface area (Å²) in [5.74, 6) is 2.69. The van der Waals surface area contributed by atoms with Crippen LogP contribution in [0.15, 0.2) is 24.3 Å². The first-order chi connectivity index (χ1) is 18.2. The van der Waals surface area contributed by atoms with Crippen LogP contribution in [-0.4, -0.2) is 54.5 Å². The second-order valence-corrected chi connectivity index (χ2v) is 14.9. The fourth-order valence-corrected chi connectivity index (χ4v) is 10.8. The van der Waals surface area contributed by atoms with Crippen molar-refractivity contribution >= 4 is 0 Å². The molecule has 2 aliphatic heterocycles. The maximum Gasteiger partial charge on any atom is 0.166 e. The van der Waals surface area contributed by atoms with Crippen LogP contribution in [-0.2, 0) is 12.0 Å². The summed E-state index contributed by atoms with van der Waals surface area (Å²) in [6, 6.07) is 4.32. The molecule has 1 aromatic rings. The number of aliphatic hydroxyl groups is 1. The second kappa shape index (κ2) is 8.97. The van der Waals surface area contributed by atoms with Crippen LogP contribution < -0.4 is 14.8 Å². The molecule has 208 valence electrons. The highest BCUT2D eigenvalue weighted by Crippen LogP contribution is 2.66. The third-order valence-electron chi connectivity index (χ3n) is 11.3. The van der Waals surface area contributed by atoms with E-state index in [1.807, 2.05) is 6.08 Å². The van der Waals surface area contributed by atoms with Crippen molar-refractivity contribution in [1.29, 1.82) is 0 Å². The summed E-state index contributed by atoms with van der Waals surface area (Å²) in [5.41, 5.74) is 4.15. The Balaban J connectivity index is 0.956. The predicted molar refractivity (Wildman–Crippen MR) is 151 cm³/mol. The molecule has 7 atom stereocenters. The van der Waals surface area contributed by atoms with Gasteiger partial charge in [-0.15, -0.1) is 0 Å². The predicted octanol–water partition coefficient (Wildman–Crippen LogP) is 5.73. The summed E-state index contributed by atoms with van der Waals surface area (Å²) in [7, 11) is 1.72. The average Bonchev–Trinajstić information content (AvgIpc) is 3.07. The summed E-state index contributed by atoms with van der Waals surface area (Å²) < 4.78 is 12.2. The molecule has 5 aliphatic carbocycles. The minimum absolute atomic E-state index is 0.00678. The van der Waals surface area contributed by atoms with Gasteiger partial charge >= 0.3 is 0 Å². The number of nitrogens with zero attached hydrogens (tertiary/aromatic N) is 1. The average molecular weight is 521 g/mol. The zero-order valence-corrected chi connectivity index (χ0v) is 23.9. The highest BCUT2D eigenvalue weighted by atomic mass is 16.5. The van der Waals surface area contributed by atoms with Gasteiger partial charge in [-0.1, -0.05) is 38.5 Å². The van der Waals surface area contributed by atoms with Gasteiger partial charge in [-0.05, 0) is 106 Å². The zero-order chi connectivity index (χ0) is 26.2. The van der Waals surface area contributed by atoms with Gasteiger partial charge in [0.05, 0.1) is 18.6 Å². The van der Waals surface area contributed by atoms with Crippen molar-refractivity contribution in [1.82, 2.24) is 10.2 Å². The molecule has 4 fully saturated rings. The van der Waals surface area contributed by atoms with Gasteiger partial charge in [-0.25, -0.2) is 0 Å². The van der Waals surface area contributed by atoms with E-state index in [2.05, 4.69) is 42.3 Å². The van der Waals surface area contributed by atoms with Crippen LogP contribution in [0.5, 0.6) is 11.5 Å². The van der Waals surface area contributed by atoms with E-state index in [0.29, 0.717) is 22.8 Å². The van der Waals surface area contributed by atoms with Gasteiger partial charge in [0, 0.05) is 24.1 Å². The minimum Gasteiger partial charge on any atom is -0.493 e. The third-order valence-corrected chi connectivity index (χ3v) is 11.3. The zero-order valence-electron chi connectivity index (χ0n) is 23.9. The summed E-state index contributed by atoms with van der Waals surface area (Å²) >= 11 is 0. The van der Waals surface area contributed by atoms with Gasteiger partial charge in [0.1, 0.15) is 6.10 Å². The van der Waals surface area contributed by atoms with Crippen molar-refractivity contribution in [2.45, 2.75) is 114 Å². The first-order valence-corrected chi connectivity index (χ1v) is 15.4. The van der Waals surface area contributed by atoms with Gasteiger partial charge in [0.15, 0.2) is 11.5 Å². The molecule has 0 amide bonds. The van der Waals surface area contributed by atoms with Crippen LogP contribution in [0.2, 0.25) is 0 Å². The van der Waals surface area contributed by atoms with Crippen LogP contribution in [0.25, 0.3) is 0 Å². The molecule has 4 saturated carbocycles. The first kappa shape index (κ1) is 25.4. The molecule has 1 aromatic carbocycles. The number of methoxy groups -OCH3 is 1. The lowest BCUT2D eigenvalue weighted by molar-refractivity contribution is -0.117. The highest BCUT2D eigenvalue weighted by molar-refractivity contribution is 5.61. The van der Waals surface area contributed by atoms with Crippen LogP contribution in [0.1, 0.15) is 95.6 Å². The summed E-state index contributed by atoms with van der Waals surface area (Å²) in [5, 5.41) is 14.5. The number of benzene rings is 1. The van der Waals surface area contributed by atoms with Crippen molar-refractivity contribution in [2.75, 3.05) is 26.7 Å². The van der Waals surface area contributed by atoms with Crippen molar-refractivity contribution in [3.05, 3.63) is 35.4 Å². The Kier molecular flexibility index (Phi) is 6.00. The Bertz CT molecular complexity index is 1100. The number of rotatable bonds is 8. The number of nitrogens with one attached hydrogen (secondary N) is 1. The number of ether oxygens (including phenoxy) is 2. The van der Waals surface area contributed by atoms with Crippen LogP contribution in [0.3, 0.4) is 0 Å². The monoisotopic (exact) mass is 520 g/mol. The minimum atomic E-state index is -0.425. The summed E-state index contributed by atoms with van der Waals surface area (Å²) in [6.07, 6.45) is 18.0. The molecule has 5 nitrogen and oxygen atoms in total. The van der Waals surface area contributed by atoms with E-state index in [0.717, 1.165) is 43.5 Å². The van der Waals surface area contributed by atoms with E-state index >= 15 is 0 Å². The molecule has 0 aromatic heterocycles. The molecule has 7 aliphatic rings. The normalized spacial score (nSPS) is 42.5. The van der Waals surface area contributed by atoms with Gasteiger partial charge in [0.25, 0.3) is 0 Å². The maximum absolute atomic E-state index is 10.3. The van der Waals surface area contributed by atoms with Gasteiger partial charge in [-0.3, -0.25) is 4.90 Å². The van der Waals surface area contributed by atoms with E-state index in [4.69, 9.17) is 9.47 Å². The molecule has 38 heavy (non-hydrogen) atoms. The van der Waals surface area contributed by atoms with Crippen LogP contribution in [0.4, 0.5) is 0 Å². The number of hydrogen-bond donors (Lipinski definition) is 2. The van der Waals surface area contributed by atoms with Crippen molar-refractivity contribution in [3.8, 4) is 11.5 Å². The Morgan fingerprint density at radius 3 is 2.66 bits per heavy atom. The van der Waals surface area contributed by atoms with Gasteiger partial charge in [0.2, 0.25) is 0 Å². The van der Waals surface area contributed by atoms with Crippen molar-refractivity contribution in [2.24, 2.45) is 16.7 Å². The lowest BCUT2D eigenvalue weighted by atomic mass is 9.43. The summed E-state index contributed by atoms with van der Waals surface area (Å²) in [6.45, 7) is 9.52. The topological polar surface area (TPSA) is 54.0 Å². The Morgan fingerprint density at radius 1 is 1.08 bits per heavy atom. The Morgan fingerprint density at radius 2 is 1.89 bits per heavy atom. The fraction of sp³-hybridized carbons (Fsp3) is 0.758. The van der Waals surface area contributed by atoms with E-state index in [1.165, 1.54) is 75.5 Å². The molecule has 2 heterocycles. The molecular weight excluding hydrogens is 472 g/mol. The smallest absolute Gasteiger partial charge is 0.166 e. The maximum atomic E-state index is 10.3. The largest absolute Gasteiger partial charge is 0.493 e. The molecule has 4 bridgehead atoms. The molecular formula is C33H48N2O3. The molecule has 0 saturated heterocycles. The Hall–Kier alpha value is -1.56. The quantitative estimate of drug-likeness (QED) is 0.339. The molecule has 1 spiro atoms. The van der Waals surface area contributed by atoms with Gasteiger partial charge in [-0.2, -0.15) is 0 Å². The van der Waals surface area contributed by atoms with E-state index in [9.17, 15) is 5.11 Å². The molecule has 0 radical (unpaired) electrons. The standard InChI is InChI=1S/C33H48N2O3/c1-30-16-23-17-31(2,20-30)22-32(18-23,21-30)34-12-5-4-6-13-35-14-11-33-10-9-25(36)15-27(33)38-29-26(37-3)8-7-24(19-35)28(29)33/h7-10,23,25,27,34,36H,4-6,11-22H2,1-3H3/t23-,25-,27-,30+,31-,32?,33-/m0/s1. The van der Waals surface area contributed by atoms with E-state index in [-0.39, 0.29) is 11.5 Å². The fourth-order valence-electron chi connectivity index (χ4n) is 10.8. The van der Waals surface area contributed by atoms with Gasteiger partial charge < -0.3 is 19.9 Å². The summed E-state index contributed by atoms with van der Waals surface area (Å²) in [4.78, 5) is 2.65. The Labute approximate surface area is 229 Å². The number of aliphatic hydroxyl groups excluding tert-OH is 1. The highest BCUT2D eigenvalue weighted by Gasteiger charge is 2.59. The molecule has 8 rings (SSSR count). The number of hydrogen-bond acceptors (Lipinski definition) is 5. The van der Waals surface area contributed by atoms with Crippen molar-refractivity contribution < 1.29 is 14.6 Å². The second-order valence-electron chi connectivity index (χ2n) is 14.9. The molecule has 1 unspecified atom stereocenters. The molecule has 5 heteroatoms. The van der Waals surface area contributed by atoms with E-state index in [1.54, 1.807) is 7.11 Å². The third kappa shape index (κ3) is 4.14. The SMILES string of the molecule is COc1ccc2c3c1O[C@H]1C[C@@H](O)C=C[C@@]31CCN(CCCCCNC13C[C@H]4C[C@@](C)(C1)C[C@](C)(C4)C3)C2. The van der Waals surface area contributed by atoms with Crippen molar-refractivity contribution in [3.63, 3.8) is 0 Å². The lowest BCUT2D eigenvalue weighted by Crippen LogP contribution is -2.64. The van der Waals surface area contributed by atoms with Crippen LogP contribution in [0, 0.1) is 16.7 Å².